The molecule has 0 amide bonds. The van der Waals surface area contributed by atoms with Crippen molar-refractivity contribution in [3.63, 3.8) is 0 Å². The van der Waals surface area contributed by atoms with Crippen LogP contribution in [0.1, 0.15) is 50.7 Å². The number of rotatable bonds is 5. The van der Waals surface area contributed by atoms with Crippen molar-refractivity contribution >= 4 is 11.7 Å². The molecule has 1 rings (SSSR count). The van der Waals surface area contributed by atoms with Gasteiger partial charge in [-0.25, -0.2) is 4.79 Å². The summed E-state index contributed by atoms with van der Waals surface area (Å²) in [5.41, 5.74) is 8.49. The van der Waals surface area contributed by atoms with Crippen LogP contribution in [0.5, 0.6) is 5.75 Å². The topological polar surface area (TPSA) is 72.5 Å². The SMILES string of the molecule is CC(C)c1cc(N)cc(C(C)C)c1OCC(=O)O. The van der Waals surface area contributed by atoms with Gasteiger partial charge >= 0.3 is 5.97 Å². The van der Waals surface area contributed by atoms with Crippen LogP contribution in [0.2, 0.25) is 0 Å². The zero-order valence-electron chi connectivity index (χ0n) is 11.4. The van der Waals surface area contributed by atoms with E-state index in [1.54, 1.807) is 0 Å². The Morgan fingerprint density at radius 2 is 1.67 bits per heavy atom. The number of carbonyl (C=O) groups is 1. The zero-order valence-corrected chi connectivity index (χ0v) is 11.4. The summed E-state index contributed by atoms with van der Waals surface area (Å²) in [6.45, 7) is 7.81. The van der Waals surface area contributed by atoms with Crippen molar-refractivity contribution in [3.8, 4) is 5.75 Å². The molecular formula is C14H21NO3. The fourth-order valence-electron chi connectivity index (χ4n) is 1.86. The van der Waals surface area contributed by atoms with E-state index in [-0.39, 0.29) is 18.4 Å². The van der Waals surface area contributed by atoms with Crippen molar-refractivity contribution in [2.75, 3.05) is 12.3 Å². The Hall–Kier alpha value is -1.71. The molecule has 18 heavy (non-hydrogen) atoms. The largest absolute Gasteiger partial charge is 0.481 e. The predicted molar refractivity (Wildman–Crippen MR) is 72.2 cm³/mol. The minimum Gasteiger partial charge on any atom is -0.481 e. The van der Waals surface area contributed by atoms with Crippen molar-refractivity contribution in [2.45, 2.75) is 39.5 Å². The number of hydrogen-bond donors (Lipinski definition) is 2. The predicted octanol–water partition coefficient (Wildman–Crippen LogP) is 2.98. The number of aliphatic carboxylic acids is 1. The zero-order chi connectivity index (χ0) is 13.9. The van der Waals surface area contributed by atoms with Crippen LogP contribution in [0.15, 0.2) is 12.1 Å². The lowest BCUT2D eigenvalue weighted by Gasteiger charge is -2.20. The molecule has 0 fully saturated rings. The van der Waals surface area contributed by atoms with E-state index in [9.17, 15) is 4.79 Å². The molecule has 4 nitrogen and oxygen atoms in total. The molecule has 0 bridgehead atoms. The maximum atomic E-state index is 10.7. The first-order chi connectivity index (χ1) is 8.32. The first kappa shape index (κ1) is 14.4. The summed E-state index contributed by atoms with van der Waals surface area (Å²) in [7, 11) is 0. The van der Waals surface area contributed by atoms with Gasteiger partial charge in [0.2, 0.25) is 0 Å². The molecule has 0 atom stereocenters. The lowest BCUT2D eigenvalue weighted by molar-refractivity contribution is -0.139. The number of nitrogens with two attached hydrogens (primary N) is 1. The molecule has 0 aromatic heterocycles. The lowest BCUT2D eigenvalue weighted by Crippen LogP contribution is -2.13. The molecule has 0 aliphatic rings. The summed E-state index contributed by atoms with van der Waals surface area (Å²) < 4.78 is 5.45. The van der Waals surface area contributed by atoms with Crippen LogP contribution >= 0.6 is 0 Å². The Balaban J connectivity index is 3.26. The number of carboxylic acids is 1. The van der Waals surface area contributed by atoms with Crippen LogP contribution in [0.3, 0.4) is 0 Å². The number of hydrogen-bond acceptors (Lipinski definition) is 3. The van der Waals surface area contributed by atoms with Gasteiger partial charge in [0.05, 0.1) is 0 Å². The van der Waals surface area contributed by atoms with E-state index < -0.39 is 5.97 Å². The maximum Gasteiger partial charge on any atom is 0.341 e. The standard InChI is InChI=1S/C14H21NO3/c1-8(2)11-5-10(15)6-12(9(3)4)14(11)18-7-13(16)17/h5-6,8-9H,7,15H2,1-4H3,(H,16,17). The smallest absolute Gasteiger partial charge is 0.341 e. The molecule has 0 heterocycles. The van der Waals surface area contributed by atoms with Crippen molar-refractivity contribution in [3.05, 3.63) is 23.3 Å². The summed E-state index contributed by atoms with van der Waals surface area (Å²) in [5, 5.41) is 8.74. The summed E-state index contributed by atoms with van der Waals surface area (Å²) in [6.07, 6.45) is 0. The molecule has 0 saturated carbocycles. The van der Waals surface area contributed by atoms with Crippen LogP contribution < -0.4 is 10.5 Å². The minimum atomic E-state index is -0.976. The highest BCUT2D eigenvalue weighted by atomic mass is 16.5. The third-order valence-corrected chi connectivity index (χ3v) is 2.75. The fraction of sp³-hybridized carbons (Fsp3) is 0.500. The van der Waals surface area contributed by atoms with E-state index >= 15 is 0 Å². The third kappa shape index (κ3) is 3.39. The number of ether oxygens (including phenoxy) is 1. The number of anilines is 1. The normalized spacial score (nSPS) is 11.0. The van der Waals surface area contributed by atoms with Crippen LogP contribution in [0.4, 0.5) is 5.69 Å². The van der Waals surface area contributed by atoms with Gasteiger partial charge in [0.25, 0.3) is 0 Å². The van der Waals surface area contributed by atoms with Gasteiger partial charge in [0, 0.05) is 5.69 Å². The van der Waals surface area contributed by atoms with Gasteiger partial charge in [0.1, 0.15) is 5.75 Å². The van der Waals surface area contributed by atoms with Crippen molar-refractivity contribution in [2.24, 2.45) is 0 Å². The van der Waals surface area contributed by atoms with E-state index in [0.29, 0.717) is 11.4 Å². The summed E-state index contributed by atoms with van der Waals surface area (Å²) in [4.78, 5) is 10.7. The van der Waals surface area contributed by atoms with Crippen molar-refractivity contribution in [1.82, 2.24) is 0 Å². The van der Waals surface area contributed by atoms with E-state index in [0.717, 1.165) is 11.1 Å². The second-order valence-electron chi connectivity index (χ2n) is 5.02. The second-order valence-corrected chi connectivity index (χ2v) is 5.02. The molecule has 0 spiro atoms. The summed E-state index contributed by atoms with van der Waals surface area (Å²) >= 11 is 0. The second kappa shape index (κ2) is 5.76. The van der Waals surface area contributed by atoms with Crippen LogP contribution in [-0.4, -0.2) is 17.7 Å². The molecule has 3 N–H and O–H groups in total. The molecule has 0 radical (unpaired) electrons. The molecule has 0 aliphatic carbocycles. The highest BCUT2D eigenvalue weighted by Crippen LogP contribution is 2.36. The van der Waals surface area contributed by atoms with Gasteiger partial charge in [-0.05, 0) is 35.1 Å². The first-order valence-electron chi connectivity index (χ1n) is 6.10. The van der Waals surface area contributed by atoms with Crippen molar-refractivity contribution in [1.29, 1.82) is 0 Å². The molecule has 0 saturated heterocycles. The Kier molecular flexibility index (Phi) is 4.59. The van der Waals surface area contributed by atoms with Gasteiger partial charge in [-0.15, -0.1) is 0 Å². The van der Waals surface area contributed by atoms with Crippen LogP contribution in [-0.2, 0) is 4.79 Å². The average molecular weight is 251 g/mol. The van der Waals surface area contributed by atoms with E-state index in [4.69, 9.17) is 15.6 Å². The number of carboxylic acid groups (broad SMARTS) is 1. The van der Waals surface area contributed by atoms with E-state index in [1.165, 1.54) is 0 Å². The highest BCUT2D eigenvalue weighted by molar-refractivity contribution is 5.69. The molecule has 0 aliphatic heterocycles. The van der Waals surface area contributed by atoms with Gasteiger partial charge < -0.3 is 15.6 Å². The van der Waals surface area contributed by atoms with E-state index in [2.05, 4.69) is 0 Å². The molecule has 1 aromatic rings. The number of benzene rings is 1. The minimum absolute atomic E-state index is 0.231. The monoisotopic (exact) mass is 251 g/mol. The molecule has 1 aromatic carbocycles. The molecule has 100 valence electrons. The van der Waals surface area contributed by atoms with E-state index in [1.807, 2.05) is 39.8 Å². The fourth-order valence-corrected chi connectivity index (χ4v) is 1.86. The molecule has 0 unspecified atom stereocenters. The van der Waals surface area contributed by atoms with Gasteiger partial charge in [-0.1, -0.05) is 27.7 Å². The van der Waals surface area contributed by atoms with Gasteiger partial charge in [0.15, 0.2) is 6.61 Å². The Labute approximate surface area is 108 Å². The van der Waals surface area contributed by atoms with Crippen LogP contribution in [0.25, 0.3) is 0 Å². The Morgan fingerprint density at radius 3 is 2.00 bits per heavy atom. The van der Waals surface area contributed by atoms with Gasteiger partial charge in [-0.3, -0.25) is 0 Å². The van der Waals surface area contributed by atoms with Crippen LogP contribution in [0, 0.1) is 0 Å². The Morgan fingerprint density at radius 1 is 1.22 bits per heavy atom. The summed E-state index contributed by atoms with van der Waals surface area (Å²) in [6, 6.07) is 3.71. The third-order valence-electron chi connectivity index (χ3n) is 2.75. The highest BCUT2D eigenvalue weighted by Gasteiger charge is 2.17. The first-order valence-corrected chi connectivity index (χ1v) is 6.10. The summed E-state index contributed by atoms with van der Waals surface area (Å²) in [5.74, 6) is 0.150. The molecular weight excluding hydrogens is 230 g/mol. The number of nitrogen functional groups attached to an aromatic ring is 1. The molecule has 4 heteroatoms. The van der Waals surface area contributed by atoms with Crippen molar-refractivity contribution < 1.29 is 14.6 Å². The van der Waals surface area contributed by atoms with Gasteiger partial charge in [-0.2, -0.15) is 0 Å². The lowest BCUT2D eigenvalue weighted by atomic mass is 9.93. The average Bonchev–Trinajstić information content (AvgIpc) is 2.25. The quantitative estimate of drug-likeness (QED) is 0.789. The maximum absolute atomic E-state index is 10.7. The Bertz CT molecular complexity index is 410.